The number of rotatable bonds is 3. The van der Waals surface area contributed by atoms with Gasteiger partial charge in [0.15, 0.2) is 0 Å². The molecule has 0 saturated heterocycles. The van der Waals surface area contributed by atoms with Crippen molar-refractivity contribution in [1.29, 1.82) is 0 Å². The highest BCUT2D eigenvalue weighted by molar-refractivity contribution is 7.11. The predicted molar refractivity (Wildman–Crippen MR) is 68.9 cm³/mol. The fourth-order valence-corrected chi connectivity index (χ4v) is 2.77. The van der Waals surface area contributed by atoms with E-state index >= 15 is 0 Å². The Hall–Kier alpha value is -1.26. The van der Waals surface area contributed by atoms with Gasteiger partial charge in [-0.2, -0.15) is 0 Å². The van der Waals surface area contributed by atoms with Gasteiger partial charge in [-0.25, -0.2) is 9.37 Å². The highest BCUT2D eigenvalue weighted by Crippen LogP contribution is 2.27. The first-order valence-corrected chi connectivity index (χ1v) is 6.30. The van der Waals surface area contributed by atoms with Crippen LogP contribution in [0.15, 0.2) is 24.3 Å². The molecule has 0 amide bonds. The summed E-state index contributed by atoms with van der Waals surface area (Å²) in [6, 6.07) is 6.58. The Morgan fingerprint density at radius 2 is 1.88 bits per heavy atom. The summed E-state index contributed by atoms with van der Waals surface area (Å²) in [5, 5.41) is 4.24. The zero-order valence-electron chi connectivity index (χ0n) is 10.1. The van der Waals surface area contributed by atoms with E-state index in [4.69, 9.17) is 0 Å². The Bertz CT molecular complexity index is 485. The molecule has 2 rings (SSSR count). The standard InChI is InChI=1S/C13H15FN2S/c1-8-9(2)17-13(16-8)12(15-3)10-4-6-11(14)7-5-10/h4-7,12,15H,1-3H3. The molecule has 0 radical (unpaired) electrons. The van der Waals surface area contributed by atoms with Gasteiger partial charge in [0, 0.05) is 4.88 Å². The van der Waals surface area contributed by atoms with Crippen LogP contribution in [0.25, 0.3) is 0 Å². The van der Waals surface area contributed by atoms with Crippen molar-refractivity contribution < 1.29 is 4.39 Å². The summed E-state index contributed by atoms with van der Waals surface area (Å²) in [5.74, 6) is -0.213. The van der Waals surface area contributed by atoms with E-state index in [1.165, 1.54) is 17.0 Å². The molecule has 0 aliphatic carbocycles. The summed E-state index contributed by atoms with van der Waals surface area (Å²) < 4.78 is 12.9. The Morgan fingerprint density at radius 3 is 2.35 bits per heavy atom. The lowest BCUT2D eigenvalue weighted by molar-refractivity contribution is 0.623. The number of nitrogens with zero attached hydrogens (tertiary/aromatic N) is 1. The van der Waals surface area contributed by atoms with E-state index in [9.17, 15) is 4.39 Å². The maximum absolute atomic E-state index is 12.9. The van der Waals surface area contributed by atoms with Crippen LogP contribution >= 0.6 is 11.3 Å². The van der Waals surface area contributed by atoms with E-state index in [0.29, 0.717) is 0 Å². The van der Waals surface area contributed by atoms with Crippen molar-refractivity contribution in [2.75, 3.05) is 7.05 Å². The van der Waals surface area contributed by atoms with Crippen molar-refractivity contribution in [2.24, 2.45) is 0 Å². The molecule has 17 heavy (non-hydrogen) atoms. The van der Waals surface area contributed by atoms with Crippen molar-refractivity contribution in [3.05, 3.63) is 51.2 Å². The Kier molecular flexibility index (Phi) is 3.54. The van der Waals surface area contributed by atoms with Gasteiger partial charge in [0.2, 0.25) is 0 Å². The number of hydrogen-bond donors (Lipinski definition) is 1. The first-order valence-electron chi connectivity index (χ1n) is 5.48. The van der Waals surface area contributed by atoms with Gasteiger partial charge >= 0.3 is 0 Å². The van der Waals surface area contributed by atoms with Gasteiger partial charge in [-0.1, -0.05) is 12.1 Å². The smallest absolute Gasteiger partial charge is 0.123 e. The molecule has 0 aliphatic heterocycles. The van der Waals surface area contributed by atoms with Crippen molar-refractivity contribution in [3.63, 3.8) is 0 Å². The van der Waals surface area contributed by atoms with Gasteiger partial charge in [0.25, 0.3) is 0 Å². The van der Waals surface area contributed by atoms with Crippen molar-refractivity contribution in [3.8, 4) is 0 Å². The second kappa shape index (κ2) is 4.94. The first-order chi connectivity index (χ1) is 8.11. The SMILES string of the molecule is CNC(c1ccc(F)cc1)c1nc(C)c(C)s1. The van der Waals surface area contributed by atoms with Gasteiger partial charge in [0.05, 0.1) is 11.7 Å². The average Bonchev–Trinajstić information content (AvgIpc) is 2.63. The molecule has 1 aromatic heterocycles. The van der Waals surface area contributed by atoms with Gasteiger partial charge in [0.1, 0.15) is 10.8 Å². The third-order valence-electron chi connectivity index (χ3n) is 2.78. The number of halogens is 1. The molecule has 1 unspecified atom stereocenters. The third-order valence-corrected chi connectivity index (χ3v) is 3.92. The quantitative estimate of drug-likeness (QED) is 0.904. The molecule has 2 aromatic rings. The van der Waals surface area contributed by atoms with Crippen LogP contribution in [0, 0.1) is 19.7 Å². The number of benzene rings is 1. The minimum atomic E-state index is -0.213. The second-order valence-electron chi connectivity index (χ2n) is 3.97. The lowest BCUT2D eigenvalue weighted by Gasteiger charge is -2.13. The average molecular weight is 250 g/mol. The Morgan fingerprint density at radius 1 is 1.24 bits per heavy atom. The van der Waals surface area contributed by atoms with Crippen LogP contribution in [0.4, 0.5) is 4.39 Å². The van der Waals surface area contributed by atoms with Crippen LogP contribution in [-0.2, 0) is 0 Å². The molecular weight excluding hydrogens is 235 g/mol. The largest absolute Gasteiger partial charge is 0.307 e. The van der Waals surface area contributed by atoms with Gasteiger partial charge < -0.3 is 5.32 Å². The Balaban J connectivity index is 2.36. The third kappa shape index (κ3) is 2.53. The van der Waals surface area contributed by atoms with Crippen molar-refractivity contribution >= 4 is 11.3 Å². The minimum absolute atomic E-state index is 0.0352. The van der Waals surface area contributed by atoms with E-state index in [1.54, 1.807) is 23.5 Å². The summed E-state index contributed by atoms with van der Waals surface area (Å²) in [6.07, 6.45) is 0. The predicted octanol–water partition coefficient (Wildman–Crippen LogP) is 3.21. The van der Waals surface area contributed by atoms with Crippen LogP contribution < -0.4 is 5.32 Å². The van der Waals surface area contributed by atoms with E-state index in [0.717, 1.165) is 16.3 Å². The molecule has 0 aliphatic rings. The maximum atomic E-state index is 12.9. The van der Waals surface area contributed by atoms with Crippen LogP contribution in [-0.4, -0.2) is 12.0 Å². The number of aryl methyl sites for hydroxylation is 2. The molecular formula is C13H15FN2S. The zero-order chi connectivity index (χ0) is 12.4. The molecule has 0 fully saturated rings. The van der Waals surface area contributed by atoms with Gasteiger partial charge in [-0.15, -0.1) is 11.3 Å². The fraction of sp³-hybridized carbons (Fsp3) is 0.308. The molecule has 90 valence electrons. The molecule has 1 heterocycles. The zero-order valence-corrected chi connectivity index (χ0v) is 10.9. The summed E-state index contributed by atoms with van der Waals surface area (Å²) >= 11 is 1.68. The highest BCUT2D eigenvalue weighted by Gasteiger charge is 2.16. The van der Waals surface area contributed by atoms with Crippen LogP contribution in [0.3, 0.4) is 0 Å². The van der Waals surface area contributed by atoms with Crippen LogP contribution in [0.5, 0.6) is 0 Å². The van der Waals surface area contributed by atoms with Gasteiger partial charge in [-0.05, 0) is 38.6 Å². The normalized spacial score (nSPS) is 12.7. The number of thiazole rings is 1. The van der Waals surface area contributed by atoms with Crippen LogP contribution in [0.2, 0.25) is 0 Å². The maximum Gasteiger partial charge on any atom is 0.123 e. The minimum Gasteiger partial charge on any atom is -0.307 e. The molecule has 1 N–H and O–H groups in total. The van der Waals surface area contributed by atoms with Crippen molar-refractivity contribution in [1.82, 2.24) is 10.3 Å². The summed E-state index contributed by atoms with van der Waals surface area (Å²) in [5.41, 5.74) is 2.09. The summed E-state index contributed by atoms with van der Waals surface area (Å²) in [7, 11) is 1.89. The first kappa shape index (κ1) is 12.2. The van der Waals surface area contributed by atoms with E-state index in [2.05, 4.69) is 17.2 Å². The lowest BCUT2D eigenvalue weighted by Crippen LogP contribution is -2.17. The van der Waals surface area contributed by atoms with E-state index in [1.807, 2.05) is 14.0 Å². The molecule has 0 spiro atoms. The molecule has 2 nitrogen and oxygen atoms in total. The lowest BCUT2D eigenvalue weighted by atomic mass is 10.1. The molecule has 0 bridgehead atoms. The highest BCUT2D eigenvalue weighted by atomic mass is 32.1. The summed E-state index contributed by atoms with van der Waals surface area (Å²) in [4.78, 5) is 5.77. The molecule has 1 aromatic carbocycles. The van der Waals surface area contributed by atoms with E-state index < -0.39 is 0 Å². The van der Waals surface area contributed by atoms with Gasteiger partial charge in [-0.3, -0.25) is 0 Å². The summed E-state index contributed by atoms with van der Waals surface area (Å²) in [6.45, 7) is 4.07. The van der Waals surface area contributed by atoms with E-state index in [-0.39, 0.29) is 11.9 Å². The number of nitrogens with one attached hydrogen (secondary N) is 1. The Labute approximate surface area is 105 Å². The van der Waals surface area contributed by atoms with Crippen molar-refractivity contribution in [2.45, 2.75) is 19.9 Å². The monoisotopic (exact) mass is 250 g/mol. The second-order valence-corrected chi connectivity index (χ2v) is 5.20. The van der Waals surface area contributed by atoms with Crippen LogP contribution in [0.1, 0.15) is 27.2 Å². The molecule has 4 heteroatoms. The topological polar surface area (TPSA) is 24.9 Å². The molecule has 1 atom stereocenters. The molecule has 0 saturated carbocycles. The fourth-order valence-electron chi connectivity index (χ4n) is 1.71. The number of aromatic nitrogens is 1. The number of hydrogen-bond acceptors (Lipinski definition) is 3.